The highest BCUT2D eigenvalue weighted by molar-refractivity contribution is 5.95. The number of carbonyl (C=O) groups excluding carboxylic acids is 1. The fraction of sp³-hybridized carbons (Fsp3) is 0.350. The zero-order valence-electron chi connectivity index (χ0n) is 14.7. The number of amides is 1. The number of nitrogens with zero attached hydrogens (tertiary/aromatic N) is 1. The first-order chi connectivity index (χ1) is 12.2. The summed E-state index contributed by atoms with van der Waals surface area (Å²) in [6, 6.07) is 14.1. The molecule has 132 valence electrons. The van der Waals surface area contributed by atoms with Crippen molar-refractivity contribution in [3.05, 3.63) is 53.6 Å². The highest BCUT2D eigenvalue weighted by Gasteiger charge is 2.21. The SMILES string of the molecule is COc1ccc(CNCc2ccc(N3CCCC3=O)cc2)cc1OC. The fourth-order valence-electron chi connectivity index (χ4n) is 3.06. The third kappa shape index (κ3) is 4.12. The molecule has 0 radical (unpaired) electrons. The van der Waals surface area contributed by atoms with E-state index in [0.717, 1.165) is 48.8 Å². The highest BCUT2D eigenvalue weighted by Crippen LogP contribution is 2.27. The number of anilines is 1. The Hall–Kier alpha value is -2.53. The summed E-state index contributed by atoms with van der Waals surface area (Å²) in [5, 5.41) is 3.43. The Morgan fingerprint density at radius 3 is 2.28 bits per heavy atom. The second-order valence-corrected chi connectivity index (χ2v) is 6.11. The minimum atomic E-state index is 0.222. The van der Waals surface area contributed by atoms with Crippen molar-refractivity contribution in [1.82, 2.24) is 5.32 Å². The maximum Gasteiger partial charge on any atom is 0.227 e. The zero-order chi connectivity index (χ0) is 17.6. The fourth-order valence-corrected chi connectivity index (χ4v) is 3.06. The van der Waals surface area contributed by atoms with Crippen LogP contribution < -0.4 is 19.7 Å². The van der Waals surface area contributed by atoms with Gasteiger partial charge in [-0.25, -0.2) is 0 Å². The molecule has 1 heterocycles. The molecule has 1 amide bonds. The summed E-state index contributed by atoms with van der Waals surface area (Å²) in [7, 11) is 3.27. The Labute approximate surface area is 148 Å². The second-order valence-electron chi connectivity index (χ2n) is 6.11. The van der Waals surface area contributed by atoms with Gasteiger partial charge < -0.3 is 19.7 Å². The molecule has 5 nitrogen and oxygen atoms in total. The molecule has 0 spiro atoms. The molecule has 5 heteroatoms. The molecule has 1 aliphatic rings. The number of ether oxygens (including phenoxy) is 2. The van der Waals surface area contributed by atoms with Crippen molar-refractivity contribution in [2.75, 3.05) is 25.7 Å². The normalized spacial score (nSPS) is 14.0. The van der Waals surface area contributed by atoms with Gasteiger partial charge in [-0.2, -0.15) is 0 Å². The lowest BCUT2D eigenvalue weighted by Crippen LogP contribution is -2.23. The van der Waals surface area contributed by atoms with Crippen LogP contribution in [0.2, 0.25) is 0 Å². The third-order valence-electron chi connectivity index (χ3n) is 4.43. The molecular weight excluding hydrogens is 316 g/mol. The molecule has 1 saturated heterocycles. The van der Waals surface area contributed by atoms with Gasteiger partial charge in [-0.3, -0.25) is 4.79 Å². The largest absolute Gasteiger partial charge is 0.493 e. The van der Waals surface area contributed by atoms with E-state index in [-0.39, 0.29) is 5.91 Å². The number of benzene rings is 2. The molecule has 0 aliphatic carbocycles. The smallest absolute Gasteiger partial charge is 0.227 e. The van der Waals surface area contributed by atoms with Crippen LogP contribution in [-0.4, -0.2) is 26.7 Å². The summed E-state index contributed by atoms with van der Waals surface area (Å²) in [6.07, 6.45) is 1.61. The van der Waals surface area contributed by atoms with Crippen LogP contribution in [0.15, 0.2) is 42.5 Å². The lowest BCUT2D eigenvalue weighted by molar-refractivity contribution is -0.117. The summed E-state index contributed by atoms with van der Waals surface area (Å²) in [6.45, 7) is 2.34. The molecule has 25 heavy (non-hydrogen) atoms. The van der Waals surface area contributed by atoms with Crippen molar-refractivity contribution in [3.63, 3.8) is 0 Å². The summed E-state index contributed by atoms with van der Waals surface area (Å²) in [5.74, 6) is 1.69. The van der Waals surface area contributed by atoms with Crippen LogP contribution in [0.25, 0.3) is 0 Å². The predicted octanol–water partition coefficient (Wildman–Crippen LogP) is 3.12. The van der Waals surface area contributed by atoms with Crippen LogP contribution in [0.4, 0.5) is 5.69 Å². The van der Waals surface area contributed by atoms with E-state index in [1.54, 1.807) is 14.2 Å². The molecule has 0 atom stereocenters. The Morgan fingerprint density at radius 2 is 1.64 bits per heavy atom. The molecule has 1 fully saturated rings. The maximum absolute atomic E-state index is 11.8. The average Bonchev–Trinajstić information content (AvgIpc) is 3.08. The predicted molar refractivity (Wildman–Crippen MR) is 98.1 cm³/mol. The van der Waals surface area contributed by atoms with Gasteiger partial charge in [0.05, 0.1) is 14.2 Å². The summed E-state index contributed by atoms with van der Waals surface area (Å²) in [5.41, 5.74) is 3.32. The molecule has 1 aliphatic heterocycles. The van der Waals surface area contributed by atoms with E-state index in [4.69, 9.17) is 9.47 Å². The van der Waals surface area contributed by atoms with Gasteiger partial charge in [-0.05, 0) is 41.8 Å². The quantitative estimate of drug-likeness (QED) is 0.841. The first kappa shape index (κ1) is 17.3. The number of hydrogen-bond acceptors (Lipinski definition) is 4. The standard InChI is InChI=1S/C20H24N2O3/c1-24-18-10-7-16(12-19(18)25-2)14-21-13-15-5-8-17(9-6-15)22-11-3-4-20(22)23/h5-10,12,21H,3-4,11,13-14H2,1-2H3. The number of methoxy groups -OCH3 is 2. The van der Waals surface area contributed by atoms with Gasteiger partial charge in [0.2, 0.25) is 5.91 Å². The van der Waals surface area contributed by atoms with Crippen LogP contribution in [-0.2, 0) is 17.9 Å². The van der Waals surface area contributed by atoms with Crippen LogP contribution >= 0.6 is 0 Å². The van der Waals surface area contributed by atoms with Crippen molar-refractivity contribution in [3.8, 4) is 11.5 Å². The molecule has 3 rings (SSSR count). The number of rotatable bonds is 7. The first-order valence-electron chi connectivity index (χ1n) is 8.52. The van der Waals surface area contributed by atoms with Gasteiger partial charge in [0.25, 0.3) is 0 Å². The molecule has 0 bridgehead atoms. The first-order valence-corrected chi connectivity index (χ1v) is 8.52. The summed E-state index contributed by atoms with van der Waals surface area (Å²) >= 11 is 0. The summed E-state index contributed by atoms with van der Waals surface area (Å²) in [4.78, 5) is 13.6. The van der Waals surface area contributed by atoms with Gasteiger partial charge in [0, 0.05) is 31.7 Å². The topological polar surface area (TPSA) is 50.8 Å². The van der Waals surface area contributed by atoms with Crippen LogP contribution in [0.1, 0.15) is 24.0 Å². The van der Waals surface area contributed by atoms with Gasteiger partial charge in [0.1, 0.15) is 0 Å². The minimum Gasteiger partial charge on any atom is -0.493 e. The zero-order valence-corrected chi connectivity index (χ0v) is 14.7. The molecule has 2 aromatic carbocycles. The van der Waals surface area contributed by atoms with Gasteiger partial charge in [-0.15, -0.1) is 0 Å². The highest BCUT2D eigenvalue weighted by atomic mass is 16.5. The molecule has 0 saturated carbocycles. The van der Waals surface area contributed by atoms with Crippen LogP contribution in [0.3, 0.4) is 0 Å². The van der Waals surface area contributed by atoms with E-state index in [1.807, 2.05) is 35.2 Å². The Kier molecular flexibility index (Phi) is 5.56. The van der Waals surface area contributed by atoms with E-state index in [0.29, 0.717) is 6.42 Å². The number of carbonyl (C=O) groups is 1. The molecular formula is C20H24N2O3. The van der Waals surface area contributed by atoms with E-state index in [1.165, 1.54) is 5.56 Å². The van der Waals surface area contributed by atoms with Crippen molar-refractivity contribution < 1.29 is 14.3 Å². The molecule has 0 unspecified atom stereocenters. The molecule has 2 aromatic rings. The lowest BCUT2D eigenvalue weighted by atomic mass is 10.1. The Balaban J connectivity index is 1.54. The van der Waals surface area contributed by atoms with E-state index >= 15 is 0 Å². The summed E-state index contributed by atoms with van der Waals surface area (Å²) < 4.78 is 10.6. The van der Waals surface area contributed by atoms with Crippen molar-refractivity contribution in [2.24, 2.45) is 0 Å². The van der Waals surface area contributed by atoms with Gasteiger partial charge >= 0.3 is 0 Å². The van der Waals surface area contributed by atoms with Crippen LogP contribution in [0, 0.1) is 0 Å². The van der Waals surface area contributed by atoms with Crippen molar-refractivity contribution in [1.29, 1.82) is 0 Å². The lowest BCUT2D eigenvalue weighted by Gasteiger charge is -2.16. The van der Waals surface area contributed by atoms with Crippen molar-refractivity contribution in [2.45, 2.75) is 25.9 Å². The maximum atomic E-state index is 11.8. The second kappa shape index (κ2) is 8.03. The van der Waals surface area contributed by atoms with E-state index in [9.17, 15) is 4.79 Å². The third-order valence-corrected chi connectivity index (χ3v) is 4.43. The van der Waals surface area contributed by atoms with Crippen molar-refractivity contribution >= 4 is 11.6 Å². The number of nitrogens with one attached hydrogen (secondary N) is 1. The molecule has 0 aromatic heterocycles. The molecule has 1 N–H and O–H groups in total. The van der Waals surface area contributed by atoms with Gasteiger partial charge in [0.15, 0.2) is 11.5 Å². The van der Waals surface area contributed by atoms with E-state index in [2.05, 4.69) is 17.4 Å². The van der Waals surface area contributed by atoms with E-state index < -0.39 is 0 Å². The number of hydrogen-bond donors (Lipinski definition) is 1. The Bertz CT molecular complexity index is 728. The minimum absolute atomic E-state index is 0.222. The average molecular weight is 340 g/mol. The van der Waals surface area contributed by atoms with Gasteiger partial charge in [-0.1, -0.05) is 18.2 Å². The monoisotopic (exact) mass is 340 g/mol. The Morgan fingerprint density at radius 1 is 0.960 bits per heavy atom. The van der Waals surface area contributed by atoms with Crippen LogP contribution in [0.5, 0.6) is 11.5 Å².